The lowest BCUT2D eigenvalue weighted by molar-refractivity contribution is -0.102. The van der Waals surface area contributed by atoms with Crippen LogP contribution >= 0.6 is 23.4 Å². The van der Waals surface area contributed by atoms with Gasteiger partial charge in [-0.25, -0.2) is 18.8 Å². The van der Waals surface area contributed by atoms with Crippen molar-refractivity contribution in [1.29, 1.82) is 0 Å². The Morgan fingerprint density at radius 3 is 2.69 bits per heavy atom. The van der Waals surface area contributed by atoms with Gasteiger partial charge in [-0.3, -0.25) is 9.78 Å². The van der Waals surface area contributed by atoms with E-state index in [1.54, 1.807) is 24.9 Å². The molecule has 0 aliphatic heterocycles. The van der Waals surface area contributed by atoms with Gasteiger partial charge in [0.2, 0.25) is 5.28 Å². The maximum absolute atomic E-state index is 13.2. The van der Waals surface area contributed by atoms with Gasteiger partial charge < -0.3 is 10.2 Å². The van der Waals surface area contributed by atoms with E-state index in [1.807, 2.05) is 18.4 Å². The van der Waals surface area contributed by atoms with Crippen molar-refractivity contribution in [2.45, 2.75) is 37.8 Å². The summed E-state index contributed by atoms with van der Waals surface area (Å²) in [5.74, 6) is 0.105. The van der Waals surface area contributed by atoms with Gasteiger partial charge in [-0.1, -0.05) is 0 Å². The van der Waals surface area contributed by atoms with Crippen molar-refractivity contribution in [3.63, 3.8) is 0 Å². The second-order valence-electron chi connectivity index (χ2n) is 6.09. The maximum Gasteiger partial charge on any atom is 0.258 e. The van der Waals surface area contributed by atoms with Gasteiger partial charge in [0.1, 0.15) is 5.69 Å². The minimum atomic E-state index is -2.61. The number of hydrogen-bond donors (Lipinski definition) is 1. The van der Waals surface area contributed by atoms with E-state index in [-0.39, 0.29) is 29.2 Å². The Bertz CT molecular complexity index is 881. The summed E-state index contributed by atoms with van der Waals surface area (Å²) in [4.78, 5) is 30.4. The molecule has 0 aliphatic carbocycles. The number of carbonyl (C=O) groups excluding carboxylic acids is 1. The van der Waals surface area contributed by atoms with Crippen molar-refractivity contribution < 1.29 is 13.6 Å². The summed E-state index contributed by atoms with van der Waals surface area (Å²) in [6.07, 6.45) is 1.61. The Morgan fingerprint density at radius 2 is 2.14 bits per heavy atom. The van der Waals surface area contributed by atoms with E-state index < -0.39 is 12.5 Å². The molecule has 0 aliphatic rings. The lowest BCUT2D eigenvalue weighted by Crippen LogP contribution is -2.35. The molecule has 2 aromatic heterocycles. The van der Waals surface area contributed by atoms with E-state index in [2.05, 4.69) is 25.3 Å². The molecule has 29 heavy (non-hydrogen) atoms. The van der Waals surface area contributed by atoms with Crippen LogP contribution < -0.4 is 10.2 Å². The predicted octanol–water partition coefficient (Wildman–Crippen LogP) is 3.66. The number of thioether (sulfide) groups is 1. The molecule has 2 heterocycles. The van der Waals surface area contributed by atoms with E-state index >= 15 is 0 Å². The average molecular weight is 443 g/mol. The third-order valence-electron chi connectivity index (χ3n) is 4.15. The van der Waals surface area contributed by atoms with Crippen molar-refractivity contribution in [1.82, 2.24) is 20.3 Å². The molecule has 1 unspecified atom stereocenters. The first-order valence-electron chi connectivity index (χ1n) is 8.58. The number of hydrogen-bond acceptors (Lipinski definition) is 7. The molecule has 1 atom stereocenters. The first-order valence-corrected chi connectivity index (χ1v) is 10.2. The van der Waals surface area contributed by atoms with Crippen molar-refractivity contribution in [3.05, 3.63) is 35.0 Å². The molecule has 11 heteroatoms. The van der Waals surface area contributed by atoms with Gasteiger partial charge in [-0.05, 0) is 43.8 Å². The number of halogens is 3. The highest BCUT2D eigenvalue weighted by Gasteiger charge is 2.25. The SMILES string of the molecule is CSc1ccc(CN/C(C=O)=N/c2c(C)nc(Cl)nc2N(C)C(C)C(F)F)nc1. The summed E-state index contributed by atoms with van der Waals surface area (Å²) in [7, 11) is 1.46. The summed E-state index contributed by atoms with van der Waals surface area (Å²) in [5.41, 5.74) is 1.26. The summed E-state index contributed by atoms with van der Waals surface area (Å²) >= 11 is 7.48. The standard InChI is InChI=1S/C18H21ClF2N6OS/c1-10-15(17(26-18(19)24-10)27(3)11(2)16(20)21)25-14(9-28)23-7-12-5-6-13(29-4)8-22-12/h5-6,8-9,11,16H,7H2,1-4H3,(H,23,25). The second-order valence-corrected chi connectivity index (χ2v) is 7.31. The zero-order valence-electron chi connectivity index (χ0n) is 16.4. The summed E-state index contributed by atoms with van der Waals surface area (Å²) in [6.45, 7) is 3.23. The fourth-order valence-corrected chi connectivity index (χ4v) is 2.87. The number of rotatable bonds is 8. The van der Waals surface area contributed by atoms with Gasteiger partial charge >= 0.3 is 0 Å². The van der Waals surface area contributed by atoms with Gasteiger partial charge in [0, 0.05) is 18.1 Å². The van der Waals surface area contributed by atoms with Gasteiger partial charge in [-0.2, -0.15) is 4.98 Å². The largest absolute Gasteiger partial charge is 0.362 e. The van der Waals surface area contributed by atoms with Gasteiger partial charge in [0.05, 0.1) is 24.0 Å². The number of aromatic nitrogens is 3. The van der Waals surface area contributed by atoms with Crippen molar-refractivity contribution in [2.24, 2.45) is 4.99 Å². The summed E-state index contributed by atoms with van der Waals surface area (Å²) in [6, 6.07) is 2.62. The molecule has 0 saturated carbocycles. The molecular weight excluding hydrogens is 422 g/mol. The summed E-state index contributed by atoms with van der Waals surface area (Å²) in [5, 5.41) is 2.80. The van der Waals surface area contributed by atoms with Crippen LogP contribution in [0.5, 0.6) is 0 Å². The highest BCUT2D eigenvalue weighted by molar-refractivity contribution is 7.98. The molecule has 156 valence electrons. The molecule has 0 aromatic carbocycles. The number of nitrogens with zero attached hydrogens (tertiary/aromatic N) is 5. The number of aryl methyl sites for hydroxylation is 1. The third-order valence-corrected chi connectivity index (χ3v) is 5.03. The molecule has 2 aromatic rings. The Kier molecular flexibility index (Phi) is 8.27. The molecule has 0 amide bonds. The smallest absolute Gasteiger partial charge is 0.258 e. The number of anilines is 1. The normalized spacial score (nSPS) is 12.8. The fourth-order valence-electron chi connectivity index (χ4n) is 2.30. The first-order chi connectivity index (χ1) is 13.8. The molecule has 0 saturated heterocycles. The van der Waals surface area contributed by atoms with Crippen molar-refractivity contribution >= 4 is 47.0 Å². The lowest BCUT2D eigenvalue weighted by atomic mass is 10.2. The van der Waals surface area contributed by atoms with E-state index in [0.717, 1.165) is 4.90 Å². The third kappa shape index (κ3) is 6.07. The van der Waals surface area contributed by atoms with Crippen LogP contribution in [0, 0.1) is 6.92 Å². The van der Waals surface area contributed by atoms with Crippen LogP contribution in [0.1, 0.15) is 18.3 Å². The zero-order chi connectivity index (χ0) is 21.6. The molecule has 0 fully saturated rings. The van der Waals surface area contributed by atoms with Crippen LogP contribution in [0.4, 0.5) is 20.3 Å². The highest BCUT2D eigenvalue weighted by atomic mass is 35.5. The van der Waals surface area contributed by atoms with Crippen LogP contribution in [0.25, 0.3) is 0 Å². The van der Waals surface area contributed by atoms with Gasteiger partial charge in [0.15, 0.2) is 17.9 Å². The Labute approximate surface area is 177 Å². The van der Waals surface area contributed by atoms with Crippen LogP contribution in [0.2, 0.25) is 5.28 Å². The number of amidine groups is 1. The van der Waals surface area contributed by atoms with Crippen LogP contribution in [-0.2, 0) is 11.3 Å². The van der Waals surface area contributed by atoms with E-state index in [9.17, 15) is 13.6 Å². The monoisotopic (exact) mass is 442 g/mol. The van der Waals surface area contributed by atoms with Crippen LogP contribution in [0.3, 0.4) is 0 Å². The minimum absolute atomic E-state index is 0.00545. The second kappa shape index (κ2) is 10.4. The number of aldehydes is 1. The zero-order valence-corrected chi connectivity index (χ0v) is 17.9. The quantitative estimate of drug-likeness (QED) is 0.219. The van der Waals surface area contributed by atoms with E-state index in [1.165, 1.54) is 18.9 Å². The average Bonchev–Trinajstić information content (AvgIpc) is 2.71. The van der Waals surface area contributed by atoms with Gasteiger partial charge in [0.25, 0.3) is 6.43 Å². The molecule has 0 radical (unpaired) electrons. The Morgan fingerprint density at radius 1 is 1.41 bits per heavy atom. The Hall–Kier alpha value is -2.33. The number of carbonyl (C=O) groups is 1. The molecule has 7 nitrogen and oxygen atoms in total. The highest BCUT2D eigenvalue weighted by Crippen LogP contribution is 2.32. The fraction of sp³-hybridized carbons (Fsp3) is 0.389. The summed E-state index contributed by atoms with van der Waals surface area (Å²) < 4.78 is 26.3. The van der Waals surface area contributed by atoms with Crippen LogP contribution in [0.15, 0.2) is 28.2 Å². The molecule has 0 spiro atoms. The Balaban J connectivity index is 2.32. The maximum atomic E-state index is 13.2. The lowest BCUT2D eigenvalue weighted by Gasteiger charge is -2.26. The topological polar surface area (TPSA) is 83.4 Å². The van der Waals surface area contributed by atoms with Crippen molar-refractivity contribution in [2.75, 3.05) is 18.2 Å². The molecule has 0 bridgehead atoms. The predicted molar refractivity (Wildman–Crippen MR) is 112 cm³/mol. The van der Waals surface area contributed by atoms with Gasteiger partial charge in [-0.15, -0.1) is 11.8 Å². The minimum Gasteiger partial charge on any atom is -0.362 e. The van der Waals surface area contributed by atoms with Crippen LogP contribution in [-0.4, -0.2) is 52.8 Å². The molecule has 1 N–H and O–H groups in total. The number of aliphatic imine (C=N–C) groups is 1. The number of alkyl halides is 2. The first kappa shape index (κ1) is 23.0. The molecular formula is C18H21ClF2N6OS. The van der Waals surface area contributed by atoms with E-state index in [4.69, 9.17) is 11.6 Å². The number of pyridine rings is 1. The van der Waals surface area contributed by atoms with Crippen molar-refractivity contribution in [3.8, 4) is 0 Å². The van der Waals surface area contributed by atoms with E-state index in [0.29, 0.717) is 17.7 Å². The molecule has 2 rings (SSSR count). The number of nitrogens with one attached hydrogen (secondary N) is 1.